The van der Waals surface area contributed by atoms with Crippen molar-refractivity contribution >= 4 is 44.9 Å². The van der Waals surface area contributed by atoms with Crippen molar-refractivity contribution in [3.63, 3.8) is 0 Å². The minimum absolute atomic E-state index is 0.247. The van der Waals surface area contributed by atoms with E-state index in [-0.39, 0.29) is 30.2 Å². The standard InChI is InChI=1S/C14H21NO5S3/c1-4-12(21-2)14(17)20-9-11(16)13-6-5-10(22-13)7-8-15-23(3,18)19/h5-6,12,15H,4,7-9H2,1-3H3. The molecular formula is C14H21NO5S3. The van der Waals surface area contributed by atoms with Crippen molar-refractivity contribution in [2.24, 2.45) is 0 Å². The van der Waals surface area contributed by atoms with E-state index in [1.165, 1.54) is 23.1 Å². The van der Waals surface area contributed by atoms with Gasteiger partial charge in [0.05, 0.1) is 11.1 Å². The minimum Gasteiger partial charge on any atom is -0.456 e. The Morgan fingerprint density at radius 1 is 1.39 bits per heavy atom. The van der Waals surface area contributed by atoms with Gasteiger partial charge < -0.3 is 4.74 Å². The molecule has 0 amide bonds. The molecule has 0 spiro atoms. The first kappa shape index (κ1) is 20.1. The highest BCUT2D eigenvalue weighted by molar-refractivity contribution is 7.99. The molecule has 1 rings (SSSR count). The number of rotatable bonds is 10. The van der Waals surface area contributed by atoms with Crippen LogP contribution < -0.4 is 4.72 Å². The predicted molar refractivity (Wildman–Crippen MR) is 93.8 cm³/mol. The topological polar surface area (TPSA) is 89.5 Å². The average molecular weight is 380 g/mol. The van der Waals surface area contributed by atoms with E-state index in [0.29, 0.717) is 17.7 Å². The molecule has 23 heavy (non-hydrogen) atoms. The number of carbonyl (C=O) groups excluding carboxylic acids is 2. The van der Waals surface area contributed by atoms with Gasteiger partial charge in [-0.3, -0.25) is 9.59 Å². The van der Waals surface area contributed by atoms with Crippen LogP contribution in [0.3, 0.4) is 0 Å². The minimum atomic E-state index is -3.21. The number of thiophene rings is 1. The Bertz CT molecular complexity index is 635. The number of hydrogen-bond donors (Lipinski definition) is 1. The van der Waals surface area contributed by atoms with E-state index < -0.39 is 10.0 Å². The van der Waals surface area contributed by atoms with Crippen molar-refractivity contribution in [1.29, 1.82) is 0 Å². The summed E-state index contributed by atoms with van der Waals surface area (Å²) in [4.78, 5) is 25.1. The van der Waals surface area contributed by atoms with Crippen LogP contribution in [0.4, 0.5) is 0 Å². The fraction of sp³-hybridized carbons (Fsp3) is 0.571. The monoisotopic (exact) mass is 379 g/mol. The largest absolute Gasteiger partial charge is 0.456 e. The van der Waals surface area contributed by atoms with Gasteiger partial charge in [0, 0.05) is 11.4 Å². The Hall–Kier alpha value is -0.900. The maximum atomic E-state index is 12.0. The van der Waals surface area contributed by atoms with E-state index >= 15 is 0 Å². The first-order valence-corrected chi connectivity index (χ1v) is 11.0. The lowest BCUT2D eigenvalue weighted by Gasteiger charge is -2.10. The van der Waals surface area contributed by atoms with Crippen LogP contribution in [0.5, 0.6) is 0 Å². The van der Waals surface area contributed by atoms with Gasteiger partial charge in [-0.2, -0.15) is 11.8 Å². The molecule has 1 unspecified atom stereocenters. The molecule has 1 N–H and O–H groups in total. The van der Waals surface area contributed by atoms with Gasteiger partial charge in [-0.15, -0.1) is 11.3 Å². The van der Waals surface area contributed by atoms with Gasteiger partial charge in [0.25, 0.3) is 0 Å². The van der Waals surface area contributed by atoms with Crippen molar-refractivity contribution in [2.45, 2.75) is 25.0 Å². The van der Waals surface area contributed by atoms with Gasteiger partial charge in [0.2, 0.25) is 15.8 Å². The lowest BCUT2D eigenvalue weighted by atomic mass is 10.3. The van der Waals surface area contributed by atoms with Gasteiger partial charge in [0.1, 0.15) is 5.25 Å². The maximum Gasteiger partial charge on any atom is 0.319 e. The van der Waals surface area contributed by atoms with Gasteiger partial charge in [-0.25, -0.2) is 13.1 Å². The Labute approximate surface area is 145 Å². The molecule has 0 radical (unpaired) electrons. The molecule has 0 aliphatic heterocycles. The fourth-order valence-corrected chi connectivity index (χ4v) is 3.75. The summed E-state index contributed by atoms with van der Waals surface area (Å²) in [5.74, 6) is -0.621. The quantitative estimate of drug-likeness (QED) is 0.492. The van der Waals surface area contributed by atoms with E-state index in [1.54, 1.807) is 12.1 Å². The number of ketones is 1. The third-order valence-corrected chi connectivity index (χ3v) is 5.95. The zero-order valence-corrected chi connectivity index (χ0v) is 15.8. The highest BCUT2D eigenvalue weighted by Crippen LogP contribution is 2.18. The van der Waals surface area contributed by atoms with Crippen molar-refractivity contribution in [1.82, 2.24) is 4.72 Å². The van der Waals surface area contributed by atoms with Crippen molar-refractivity contribution in [2.75, 3.05) is 25.7 Å². The molecular weight excluding hydrogens is 358 g/mol. The second kappa shape index (κ2) is 9.41. The predicted octanol–water partition coefficient (Wildman–Crippen LogP) is 1.71. The summed E-state index contributed by atoms with van der Waals surface area (Å²) in [6.07, 6.45) is 4.09. The number of thioether (sulfide) groups is 1. The Balaban J connectivity index is 2.47. The average Bonchev–Trinajstić information content (AvgIpc) is 2.93. The van der Waals surface area contributed by atoms with E-state index in [9.17, 15) is 18.0 Å². The van der Waals surface area contributed by atoms with Crippen LogP contribution in [-0.2, 0) is 26.0 Å². The van der Waals surface area contributed by atoms with Gasteiger partial charge in [0.15, 0.2) is 6.61 Å². The molecule has 0 bridgehead atoms. The molecule has 0 fully saturated rings. The molecule has 130 valence electrons. The summed E-state index contributed by atoms with van der Waals surface area (Å²) < 4.78 is 29.4. The van der Waals surface area contributed by atoms with E-state index in [1.807, 2.05) is 13.2 Å². The third-order valence-electron chi connectivity index (χ3n) is 2.94. The second-order valence-corrected chi connectivity index (χ2v) is 8.89. The summed E-state index contributed by atoms with van der Waals surface area (Å²) in [6, 6.07) is 3.45. The number of esters is 1. The molecule has 1 aromatic heterocycles. The first-order chi connectivity index (χ1) is 10.8. The Kier molecular flexibility index (Phi) is 8.24. The van der Waals surface area contributed by atoms with Crippen LogP contribution >= 0.6 is 23.1 Å². The Morgan fingerprint density at radius 3 is 2.65 bits per heavy atom. The molecule has 9 heteroatoms. The van der Waals surface area contributed by atoms with Crippen LogP contribution in [0.25, 0.3) is 0 Å². The first-order valence-electron chi connectivity index (χ1n) is 7.02. The molecule has 0 saturated carbocycles. The molecule has 0 saturated heterocycles. The molecule has 0 aliphatic carbocycles. The number of hydrogen-bond acceptors (Lipinski definition) is 7. The van der Waals surface area contributed by atoms with E-state index in [2.05, 4.69) is 4.72 Å². The number of carbonyl (C=O) groups is 2. The molecule has 1 heterocycles. The zero-order valence-electron chi connectivity index (χ0n) is 13.3. The number of sulfonamides is 1. The maximum absolute atomic E-state index is 12.0. The number of Topliss-reactive ketones (excluding diaryl/α,β-unsaturated/α-hetero) is 1. The molecule has 1 atom stereocenters. The van der Waals surface area contributed by atoms with Crippen molar-refractivity contribution in [3.05, 3.63) is 21.9 Å². The third kappa shape index (κ3) is 7.47. The lowest BCUT2D eigenvalue weighted by molar-refractivity contribution is -0.141. The van der Waals surface area contributed by atoms with Crippen LogP contribution in [0, 0.1) is 0 Å². The SMILES string of the molecule is CCC(SC)C(=O)OCC(=O)c1ccc(CCNS(C)(=O)=O)s1. The highest BCUT2D eigenvalue weighted by Gasteiger charge is 2.19. The van der Waals surface area contributed by atoms with Crippen LogP contribution in [0.1, 0.15) is 27.9 Å². The van der Waals surface area contributed by atoms with Gasteiger partial charge >= 0.3 is 5.97 Å². The second-order valence-electron chi connectivity index (χ2n) is 4.85. The summed E-state index contributed by atoms with van der Waals surface area (Å²) in [5, 5.41) is -0.247. The fourth-order valence-electron chi connectivity index (χ4n) is 1.75. The van der Waals surface area contributed by atoms with Crippen LogP contribution in [0.15, 0.2) is 12.1 Å². The number of ether oxygens (including phenoxy) is 1. The van der Waals surface area contributed by atoms with Crippen molar-refractivity contribution in [3.8, 4) is 0 Å². The normalized spacial score (nSPS) is 12.8. The summed E-state index contributed by atoms with van der Waals surface area (Å²) in [5.41, 5.74) is 0. The van der Waals surface area contributed by atoms with E-state index in [0.717, 1.165) is 11.1 Å². The van der Waals surface area contributed by atoms with Gasteiger partial charge in [-0.1, -0.05) is 6.92 Å². The van der Waals surface area contributed by atoms with Gasteiger partial charge in [-0.05, 0) is 31.2 Å². The van der Waals surface area contributed by atoms with Crippen LogP contribution in [-0.4, -0.2) is 51.1 Å². The van der Waals surface area contributed by atoms with Crippen LogP contribution in [0.2, 0.25) is 0 Å². The molecule has 1 aromatic rings. The molecule has 6 nitrogen and oxygen atoms in total. The molecule has 0 aromatic carbocycles. The number of nitrogens with one attached hydrogen (secondary N) is 1. The smallest absolute Gasteiger partial charge is 0.319 e. The summed E-state index contributed by atoms with van der Waals surface area (Å²) in [7, 11) is -3.21. The lowest BCUT2D eigenvalue weighted by Crippen LogP contribution is -2.24. The highest BCUT2D eigenvalue weighted by atomic mass is 32.2. The summed E-state index contributed by atoms with van der Waals surface area (Å²) in [6.45, 7) is 1.91. The Morgan fingerprint density at radius 2 is 2.09 bits per heavy atom. The van der Waals surface area contributed by atoms with Crippen molar-refractivity contribution < 1.29 is 22.7 Å². The summed E-state index contributed by atoms with van der Waals surface area (Å²) >= 11 is 2.68. The molecule has 0 aliphatic rings. The zero-order chi connectivity index (χ0) is 17.5. The van der Waals surface area contributed by atoms with E-state index in [4.69, 9.17) is 4.74 Å².